The van der Waals surface area contributed by atoms with Crippen molar-refractivity contribution in [3.8, 4) is 5.75 Å². The second-order valence-corrected chi connectivity index (χ2v) is 7.73. The molecule has 1 aliphatic rings. The fraction of sp³-hybridized carbons (Fsp3) is 0.115. The number of benzene rings is 3. The number of ether oxygens (including phenoxy) is 1. The Hall–Kier alpha value is -4.39. The van der Waals surface area contributed by atoms with Crippen molar-refractivity contribution in [1.29, 1.82) is 0 Å². The molecule has 1 amide bonds. The Labute approximate surface area is 191 Å². The normalized spacial score (nSPS) is 14.9. The molecule has 1 atom stereocenters. The van der Waals surface area contributed by atoms with Gasteiger partial charge in [0, 0.05) is 16.9 Å². The molecule has 33 heavy (non-hydrogen) atoms. The van der Waals surface area contributed by atoms with E-state index in [1.807, 2.05) is 91.9 Å². The molecule has 7 nitrogen and oxygen atoms in total. The summed E-state index contributed by atoms with van der Waals surface area (Å²) in [6.45, 7) is 2.29. The molecule has 0 saturated heterocycles. The third-order valence-electron chi connectivity index (χ3n) is 5.52. The second-order valence-electron chi connectivity index (χ2n) is 7.73. The standard InChI is InChI=1S/C26H23N5O2/c1-18-23(25(32)30-20-12-6-3-7-13-20)24(31-26(29-18)27-17-28-31)21-14-8-9-15-22(21)33-16-19-10-4-2-5-11-19/h2-15,17,24H,16H2,1H3,(H,30,32)(H,27,28,29)/t24-/m1/s1. The summed E-state index contributed by atoms with van der Waals surface area (Å²) >= 11 is 0. The third-order valence-corrected chi connectivity index (χ3v) is 5.52. The monoisotopic (exact) mass is 437 g/mol. The van der Waals surface area contributed by atoms with Gasteiger partial charge in [-0.15, -0.1) is 0 Å². The molecule has 1 aliphatic heterocycles. The van der Waals surface area contributed by atoms with Crippen molar-refractivity contribution < 1.29 is 9.53 Å². The fourth-order valence-corrected chi connectivity index (χ4v) is 3.97. The molecule has 0 spiro atoms. The Bertz CT molecular complexity index is 1300. The lowest BCUT2D eigenvalue weighted by Gasteiger charge is -2.29. The van der Waals surface area contributed by atoms with Crippen molar-refractivity contribution in [2.24, 2.45) is 0 Å². The smallest absolute Gasteiger partial charge is 0.255 e. The molecule has 3 aromatic carbocycles. The van der Waals surface area contributed by atoms with E-state index in [1.165, 1.54) is 6.33 Å². The van der Waals surface area contributed by atoms with Crippen molar-refractivity contribution in [3.05, 3.63) is 114 Å². The van der Waals surface area contributed by atoms with Gasteiger partial charge in [0.05, 0.1) is 5.57 Å². The van der Waals surface area contributed by atoms with Crippen molar-refractivity contribution in [3.63, 3.8) is 0 Å². The maximum absolute atomic E-state index is 13.5. The number of carbonyl (C=O) groups is 1. The van der Waals surface area contributed by atoms with Crippen LogP contribution >= 0.6 is 0 Å². The number of nitrogens with one attached hydrogen (secondary N) is 2. The number of aromatic nitrogens is 3. The first-order valence-electron chi connectivity index (χ1n) is 10.7. The van der Waals surface area contributed by atoms with E-state index in [9.17, 15) is 4.79 Å². The van der Waals surface area contributed by atoms with Crippen LogP contribution in [0.2, 0.25) is 0 Å². The SMILES string of the molecule is CC1=C(C(=O)Nc2ccccc2)[C@@H](c2ccccc2OCc2ccccc2)n2ncnc2N1. The minimum atomic E-state index is -0.501. The van der Waals surface area contributed by atoms with Crippen LogP contribution in [0.15, 0.2) is 103 Å². The summed E-state index contributed by atoms with van der Waals surface area (Å²) in [6.07, 6.45) is 1.48. The highest BCUT2D eigenvalue weighted by Gasteiger charge is 2.35. The Morgan fingerprint density at radius 1 is 1.00 bits per heavy atom. The van der Waals surface area contributed by atoms with E-state index in [2.05, 4.69) is 20.7 Å². The predicted molar refractivity (Wildman–Crippen MR) is 127 cm³/mol. The molecule has 0 unspecified atom stereocenters. The number of hydrogen-bond acceptors (Lipinski definition) is 5. The van der Waals surface area contributed by atoms with Gasteiger partial charge in [0.15, 0.2) is 0 Å². The molecule has 0 aliphatic carbocycles. The fourth-order valence-electron chi connectivity index (χ4n) is 3.97. The van der Waals surface area contributed by atoms with Gasteiger partial charge in [-0.3, -0.25) is 4.79 Å². The van der Waals surface area contributed by atoms with Crippen LogP contribution < -0.4 is 15.4 Å². The van der Waals surface area contributed by atoms with Crippen molar-refractivity contribution in [2.45, 2.75) is 19.6 Å². The summed E-state index contributed by atoms with van der Waals surface area (Å²) < 4.78 is 7.93. The van der Waals surface area contributed by atoms with Gasteiger partial charge in [0.25, 0.3) is 5.91 Å². The molecule has 0 bridgehead atoms. The van der Waals surface area contributed by atoms with Crippen LogP contribution in [0, 0.1) is 0 Å². The average molecular weight is 438 g/mol. The van der Waals surface area contributed by atoms with Crippen molar-refractivity contribution in [2.75, 3.05) is 10.6 Å². The number of amides is 1. The average Bonchev–Trinajstić information content (AvgIpc) is 3.31. The summed E-state index contributed by atoms with van der Waals surface area (Å²) in [6, 6.07) is 26.6. The first-order valence-corrected chi connectivity index (χ1v) is 10.7. The van der Waals surface area contributed by atoms with Crippen molar-refractivity contribution >= 4 is 17.5 Å². The zero-order valence-corrected chi connectivity index (χ0v) is 18.1. The van der Waals surface area contributed by atoms with Gasteiger partial charge in [0.2, 0.25) is 5.95 Å². The summed E-state index contributed by atoms with van der Waals surface area (Å²) in [5.74, 6) is 1.05. The van der Waals surface area contributed by atoms with Gasteiger partial charge >= 0.3 is 0 Å². The minimum Gasteiger partial charge on any atom is -0.489 e. The van der Waals surface area contributed by atoms with E-state index >= 15 is 0 Å². The quantitative estimate of drug-likeness (QED) is 0.454. The first-order chi connectivity index (χ1) is 16.2. The molecule has 0 saturated carbocycles. The predicted octanol–water partition coefficient (Wildman–Crippen LogP) is 4.78. The molecule has 1 aromatic heterocycles. The van der Waals surface area contributed by atoms with E-state index in [-0.39, 0.29) is 5.91 Å². The number of fused-ring (bicyclic) bond motifs is 1. The molecule has 164 valence electrons. The number of carbonyl (C=O) groups excluding carboxylic acids is 1. The molecule has 2 heterocycles. The minimum absolute atomic E-state index is 0.213. The van der Waals surface area contributed by atoms with Crippen LogP contribution in [0.5, 0.6) is 5.75 Å². The summed E-state index contributed by atoms with van der Waals surface area (Å²) in [4.78, 5) is 17.8. The maximum Gasteiger partial charge on any atom is 0.255 e. The van der Waals surface area contributed by atoms with E-state index in [0.717, 1.165) is 16.8 Å². The first kappa shape index (κ1) is 20.5. The topological polar surface area (TPSA) is 81.1 Å². The van der Waals surface area contributed by atoms with Gasteiger partial charge in [-0.1, -0.05) is 66.7 Å². The van der Waals surface area contributed by atoms with Crippen LogP contribution in [0.1, 0.15) is 24.1 Å². The van der Waals surface area contributed by atoms with E-state index in [0.29, 0.717) is 29.6 Å². The Balaban J connectivity index is 1.53. The number of hydrogen-bond donors (Lipinski definition) is 2. The van der Waals surface area contributed by atoms with E-state index in [4.69, 9.17) is 4.74 Å². The van der Waals surface area contributed by atoms with Gasteiger partial charge in [-0.2, -0.15) is 10.1 Å². The number of rotatable bonds is 6. The van der Waals surface area contributed by atoms with Crippen molar-refractivity contribution in [1.82, 2.24) is 14.8 Å². The summed E-state index contributed by atoms with van der Waals surface area (Å²) in [5.41, 5.74) is 3.88. The van der Waals surface area contributed by atoms with Gasteiger partial charge in [-0.05, 0) is 30.7 Å². The van der Waals surface area contributed by atoms with Crippen LogP contribution in [0.25, 0.3) is 0 Å². The van der Waals surface area contributed by atoms with E-state index < -0.39 is 6.04 Å². The Kier molecular flexibility index (Phi) is 5.59. The van der Waals surface area contributed by atoms with Crippen LogP contribution in [-0.2, 0) is 11.4 Å². The Morgan fingerprint density at radius 3 is 2.48 bits per heavy atom. The Morgan fingerprint density at radius 2 is 1.70 bits per heavy atom. The lowest BCUT2D eigenvalue weighted by molar-refractivity contribution is -0.113. The zero-order valence-electron chi connectivity index (χ0n) is 18.1. The highest BCUT2D eigenvalue weighted by Crippen LogP contribution is 2.39. The maximum atomic E-state index is 13.5. The largest absolute Gasteiger partial charge is 0.489 e. The lowest BCUT2D eigenvalue weighted by Crippen LogP contribution is -2.31. The van der Waals surface area contributed by atoms with E-state index in [1.54, 1.807) is 4.68 Å². The highest BCUT2D eigenvalue weighted by molar-refractivity contribution is 6.06. The molecule has 7 heteroatoms. The summed E-state index contributed by atoms with van der Waals surface area (Å²) in [7, 11) is 0. The van der Waals surface area contributed by atoms with Crippen LogP contribution in [0.3, 0.4) is 0 Å². The zero-order chi connectivity index (χ0) is 22.6. The number of allylic oxidation sites excluding steroid dienone is 1. The number of anilines is 2. The van der Waals surface area contributed by atoms with Crippen LogP contribution in [0.4, 0.5) is 11.6 Å². The highest BCUT2D eigenvalue weighted by atomic mass is 16.5. The molecule has 4 aromatic rings. The van der Waals surface area contributed by atoms with Gasteiger partial charge in [0.1, 0.15) is 24.7 Å². The molecular weight excluding hydrogens is 414 g/mol. The second kappa shape index (κ2) is 9.00. The molecular formula is C26H23N5O2. The molecule has 0 radical (unpaired) electrons. The lowest BCUT2D eigenvalue weighted by atomic mass is 9.94. The summed E-state index contributed by atoms with van der Waals surface area (Å²) in [5, 5.41) is 10.6. The number of para-hydroxylation sites is 2. The van der Waals surface area contributed by atoms with Crippen LogP contribution in [-0.4, -0.2) is 20.7 Å². The number of nitrogens with zero attached hydrogens (tertiary/aromatic N) is 3. The molecule has 2 N–H and O–H groups in total. The molecule has 5 rings (SSSR count). The molecule has 0 fully saturated rings. The third kappa shape index (κ3) is 4.21. The van der Waals surface area contributed by atoms with Gasteiger partial charge in [-0.25, -0.2) is 4.68 Å². The van der Waals surface area contributed by atoms with Gasteiger partial charge < -0.3 is 15.4 Å².